The van der Waals surface area contributed by atoms with E-state index >= 15 is 0 Å². The first-order chi connectivity index (χ1) is 16.6. The number of amides is 3. The smallest absolute Gasteiger partial charge is 0.326 e. The number of carbonyl (C=O) groups is 2. The first-order valence-electron chi connectivity index (χ1n) is 11.6. The highest BCUT2D eigenvalue weighted by molar-refractivity contribution is 6.13. The molecule has 34 heavy (non-hydrogen) atoms. The highest BCUT2D eigenvalue weighted by Gasteiger charge is 2.25. The molecule has 11 heteroatoms. The van der Waals surface area contributed by atoms with Crippen LogP contribution in [0.25, 0.3) is 6.08 Å². The number of nitrogens with one attached hydrogen (secondary N) is 4. The van der Waals surface area contributed by atoms with Gasteiger partial charge in [0.2, 0.25) is 11.9 Å². The van der Waals surface area contributed by atoms with E-state index < -0.39 is 11.9 Å². The lowest BCUT2D eigenvalue weighted by atomic mass is 9.91. The fourth-order valence-corrected chi connectivity index (χ4v) is 4.00. The van der Waals surface area contributed by atoms with E-state index in [-0.39, 0.29) is 11.7 Å². The Kier molecular flexibility index (Phi) is 6.07. The number of carbonyl (C=O) groups excluding carboxylic acids is 2. The Labute approximate surface area is 196 Å². The van der Waals surface area contributed by atoms with Crippen LogP contribution in [-0.4, -0.2) is 42.7 Å². The molecule has 3 aliphatic rings. The van der Waals surface area contributed by atoms with Crippen LogP contribution in [0, 0.1) is 0 Å². The van der Waals surface area contributed by atoms with Gasteiger partial charge in [-0.2, -0.15) is 10.1 Å². The Bertz CT molecular complexity index is 1200. The van der Waals surface area contributed by atoms with Gasteiger partial charge in [-0.1, -0.05) is 6.07 Å². The summed E-state index contributed by atoms with van der Waals surface area (Å²) in [7, 11) is 0. The third kappa shape index (κ3) is 4.98. The van der Waals surface area contributed by atoms with Gasteiger partial charge in [-0.25, -0.2) is 14.5 Å². The molecule has 2 aromatic rings. The SMILES string of the molecule is CCn1ncc(C=C2NC(=O)NC2=O)cnc(NC2CCCc3ncccc32)nc1NC1CC1. The number of rotatable bonds is 6. The van der Waals surface area contributed by atoms with Crippen LogP contribution in [0.3, 0.4) is 0 Å². The summed E-state index contributed by atoms with van der Waals surface area (Å²) in [6.45, 7) is 2.57. The van der Waals surface area contributed by atoms with Crippen LogP contribution < -0.4 is 21.3 Å². The average Bonchev–Trinajstić information content (AvgIpc) is 3.58. The molecule has 5 rings (SSSR count). The zero-order chi connectivity index (χ0) is 23.5. The van der Waals surface area contributed by atoms with Crippen molar-refractivity contribution in [2.75, 3.05) is 10.6 Å². The minimum absolute atomic E-state index is 0.0361. The predicted octanol–water partition coefficient (Wildman–Crippen LogP) is 2.46. The van der Waals surface area contributed by atoms with Gasteiger partial charge in [-0.3, -0.25) is 15.1 Å². The predicted molar refractivity (Wildman–Crippen MR) is 126 cm³/mol. The summed E-state index contributed by atoms with van der Waals surface area (Å²) in [6.07, 6.45) is 11.7. The van der Waals surface area contributed by atoms with E-state index in [4.69, 9.17) is 4.98 Å². The molecular formula is C23H27N9O2. The lowest BCUT2D eigenvalue weighted by Crippen LogP contribution is -2.22. The molecule has 2 aliphatic carbocycles. The largest absolute Gasteiger partial charge is 0.352 e. The monoisotopic (exact) mass is 461 g/mol. The van der Waals surface area contributed by atoms with Crippen LogP contribution in [0.2, 0.25) is 0 Å². The highest BCUT2D eigenvalue weighted by Crippen LogP contribution is 2.30. The third-order valence-electron chi connectivity index (χ3n) is 5.89. The number of hydrogen-bond donors (Lipinski definition) is 4. The Hall–Kier alpha value is -4.02. The molecule has 1 unspecified atom stereocenters. The number of hydrogen-bond acceptors (Lipinski definition) is 8. The summed E-state index contributed by atoms with van der Waals surface area (Å²) < 4.78 is 1.76. The lowest BCUT2D eigenvalue weighted by Gasteiger charge is -2.25. The molecule has 0 bridgehead atoms. The Morgan fingerprint density at radius 2 is 2.03 bits per heavy atom. The van der Waals surface area contributed by atoms with Crippen molar-refractivity contribution in [3.63, 3.8) is 0 Å². The Morgan fingerprint density at radius 3 is 2.79 bits per heavy atom. The quantitative estimate of drug-likeness (QED) is 0.380. The van der Waals surface area contributed by atoms with Gasteiger partial charge < -0.3 is 16.0 Å². The van der Waals surface area contributed by atoms with Crippen molar-refractivity contribution in [1.29, 1.82) is 0 Å². The van der Waals surface area contributed by atoms with Gasteiger partial charge in [-0.15, -0.1) is 0 Å². The van der Waals surface area contributed by atoms with E-state index in [0.717, 1.165) is 43.4 Å². The number of nitrogens with zero attached hydrogens (tertiary/aromatic N) is 5. The molecule has 0 spiro atoms. The molecule has 0 aromatic carbocycles. The third-order valence-corrected chi connectivity index (χ3v) is 5.89. The van der Waals surface area contributed by atoms with Crippen molar-refractivity contribution >= 4 is 29.9 Å². The van der Waals surface area contributed by atoms with Gasteiger partial charge >= 0.3 is 6.03 Å². The summed E-state index contributed by atoms with van der Waals surface area (Å²) >= 11 is 0. The van der Waals surface area contributed by atoms with E-state index in [1.165, 1.54) is 6.08 Å². The number of urea groups is 1. The summed E-state index contributed by atoms with van der Waals surface area (Å²) in [6, 6.07) is 3.90. The second kappa shape index (κ2) is 9.46. The molecular weight excluding hydrogens is 434 g/mol. The average molecular weight is 462 g/mol. The summed E-state index contributed by atoms with van der Waals surface area (Å²) in [5.74, 6) is 0.557. The highest BCUT2D eigenvalue weighted by atomic mass is 16.2. The first-order valence-corrected chi connectivity index (χ1v) is 11.6. The van der Waals surface area contributed by atoms with Crippen molar-refractivity contribution in [1.82, 2.24) is 35.4 Å². The van der Waals surface area contributed by atoms with E-state index in [1.54, 1.807) is 17.1 Å². The number of aromatic nitrogens is 5. The van der Waals surface area contributed by atoms with Gasteiger partial charge in [0.15, 0.2) is 0 Å². The van der Waals surface area contributed by atoms with Gasteiger partial charge in [0.25, 0.3) is 5.91 Å². The molecule has 11 nitrogen and oxygen atoms in total. The van der Waals surface area contributed by atoms with E-state index in [0.29, 0.717) is 30.0 Å². The number of pyridine rings is 1. The van der Waals surface area contributed by atoms with Crippen molar-refractivity contribution < 1.29 is 9.59 Å². The number of fused-ring (bicyclic) bond motifs is 1. The zero-order valence-corrected chi connectivity index (χ0v) is 18.9. The molecule has 3 heterocycles. The van der Waals surface area contributed by atoms with Crippen LogP contribution in [0.4, 0.5) is 16.7 Å². The van der Waals surface area contributed by atoms with Gasteiger partial charge in [0, 0.05) is 36.2 Å². The number of aryl methyl sites for hydroxylation is 2. The molecule has 2 aromatic heterocycles. The maximum Gasteiger partial charge on any atom is 0.326 e. The van der Waals surface area contributed by atoms with E-state index in [9.17, 15) is 9.59 Å². The van der Waals surface area contributed by atoms with Crippen molar-refractivity contribution in [2.45, 2.75) is 57.7 Å². The molecule has 1 atom stereocenters. The van der Waals surface area contributed by atoms with Crippen LogP contribution in [-0.2, 0) is 17.8 Å². The van der Waals surface area contributed by atoms with Crippen molar-refractivity contribution in [3.8, 4) is 0 Å². The molecule has 3 amide bonds. The van der Waals surface area contributed by atoms with Crippen LogP contribution in [0.5, 0.6) is 0 Å². The van der Waals surface area contributed by atoms with Gasteiger partial charge in [-0.05, 0) is 56.7 Å². The molecule has 1 saturated carbocycles. The van der Waals surface area contributed by atoms with Crippen LogP contribution in [0.15, 0.2) is 36.4 Å². The summed E-state index contributed by atoms with van der Waals surface area (Å²) in [5.41, 5.74) is 2.93. The van der Waals surface area contributed by atoms with Crippen molar-refractivity contribution in [3.05, 3.63) is 53.2 Å². The minimum atomic E-state index is -0.554. The summed E-state index contributed by atoms with van der Waals surface area (Å²) in [5, 5.41) is 16.2. The fourth-order valence-electron chi connectivity index (χ4n) is 4.00. The molecule has 0 radical (unpaired) electrons. The normalized spacial score (nSPS) is 20.3. The first kappa shape index (κ1) is 21.8. The maximum absolute atomic E-state index is 12.0. The van der Waals surface area contributed by atoms with E-state index in [1.807, 2.05) is 19.2 Å². The maximum atomic E-state index is 12.0. The molecule has 1 saturated heterocycles. The fraction of sp³-hybridized carbons (Fsp3) is 0.391. The van der Waals surface area contributed by atoms with Crippen LogP contribution >= 0.6 is 0 Å². The second-order valence-electron chi connectivity index (χ2n) is 8.49. The van der Waals surface area contributed by atoms with Crippen molar-refractivity contribution in [2.24, 2.45) is 0 Å². The number of anilines is 2. The molecule has 176 valence electrons. The Morgan fingerprint density at radius 1 is 1.15 bits per heavy atom. The molecule has 2 fully saturated rings. The minimum Gasteiger partial charge on any atom is -0.352 e. The molecule has 1 aliphatic heterocycles. The van der Waals surface area contributed by atoms with Gasteiger partial charge in [0.1, 0.15) is 5.70 Å². The zero-order valence-electron chi connectivity index (χ0n) is 18.9. The van der Waals surface area contributed by atoms with Gasteiger partial charge in [0.05, 0.1) is 12.2 Å². The standard InChI is InChI=1S/C23H27N9O2/c1-2-32-22(27-15-8-9-15)31-21(28-18-7-3-6-17-16(18)5-4-10-24-17)25-12-14(13-26-32)11-19-20(33)30-23(34)29-19/h4-5,10-13,15,18H,2-3,6-9H2,1H3,(H2,25,27,28,31)(H2,29,30,33,34). The lowest BCUT2D eigenvalue weighted by molar-refractivity contribution is -0.115. The summed E-state index contributed by atoms with van der Waals surface area (Å²) in [4.78, 5) is 37.4. The number of imide groups is 1. The second-order valence-corrected chi connectivity index (χ2v) is 8.49. The van der Waals surface area contributed by atoms with E-state index in [2.05, 4.69) is 42.4 Å². The topological polar surface area (TPSA) is 139 Å². The molecule has 4 N–H and O–H groups in total. The van der Waals surface area contributed by atoms with Crippen LogP contribution in [0.1, 0.15) is 55.5 Å². The Balaban J connectivity index is 1.56.